The van der Waals surface area contributed by atoms with E-state index in [2.05, 4.69) is 25.9 Å². The van der Waals surface area contributed by atoms with E-state index >= 15 is 0 Å². The molecule has 0 aliphatic carbocycles. The number of halogens is 2. The zero-order chi connectivity index (χ0) is 18.1. The third-order valence-corrected chi connectivity index (χ3v) is 5.40. The second-order valence-electron chi connectivity index (χ2n) is 6.25. The van der Waals surface area contributed by atoms with E-state index in [9.17, 15) is 4.79 Å². The van der Waals surface area contributed by atoms with Gasteiger partial charge in [0.25, 0.3) is 5.91 Å². The van der Waals surface area contributed by atoms with Crippen LogP contribution in [-0.2, 0) is 4.79 Å². The third kappa shape index (κ3) is 3.44. The Morgan fingerprint density at radius 2 is 2.19 bits per heavy atom. The summed E-state index contributed by atoms with van der Waals surface area (Å²) in [6.07, 6.45) is 1.86. The van der Waals surface area contributed by atoms with Gasteiger partial charge in [-0.3, -0.25) is 4.79 Å². The second kappa shape index (κ2) is 7.29. The van der Waals surface area contributed by atoms with Crippen LogP contribution in [0.1, 0.15) is 24.7 Å². The molecule has 0 spiro atoms. The van der Waals surface area contributed by atoms with Gasteiger partial charge in [-0.25, -0.2) is 4.98 Å². The number of aromatic nitrogens is 2. The maximum Gasteiger partial charge on any atom is 0.261 e. The van der Waals surface area contributed by atoms with Gasteiger partial charge in [0.05, 0.1) is 21.5 Å². The summed E-state index contributed by atoms with van der Waals surface area (Å²) in [6.45, 7) is 0.697. The number of aromatic amines is 1. The highest BCUT2D eigenvalue weighted by molar-refractivity contribution is 9.10. The summed E-state index contributed by atoms with van der Waals surface area (Å²) in [6, 6.07) is 13.1. The molecule has 1 aromatic heterocycles. The highest BCUT2D eigenvalue weighted by atomic mass is 79.9. The van der Waals surface area contributed by atoms with E-state index in [1.54, 1.807) is 18.2 Å². The van der Waals surface area contributed by atoms with Crippen LogP contribution < -0.4 is 4.74 Å². The molecule has 7 heteroatoms. The molecular weight excluding hydrogens is 418 g/mol. The number of nitrogens with zero attached hydrogens (tertiary/aromatic N) is 2. The zero-order valence-corrected chi connectivity index (χ0v) is 16.3. The highest BCUT2D eigenvalue weighted by Gasteiger charge is 2.32. The molecule has 0 bridgehead atoms. The molecule has 26 heavy (non-hydrogen) atoms. The molecule has 1 unspecified atom stereocenters. The molecule has 1 amide bonds. The molecule has 134 valence electrons. The number of benzene rings is 2. The Morgan fingerprint density at radius 3 is 3.00 bits per heavy atom. The summed E-state index contributed by atoms with van der Waals surface area (Å²) >= 11 is 9.33. The van der Waals surface area contributed by atoms with Crippen LogP contribution in [0.4, 0.5) is 0 Å². The van der Waals surface area contributed by atoms with E-state index in [0.29, 0.717) is 17.3 Å². The van der Waals surface area contributed by atoms with Crippen molar-refractivity contribution in [1.82, 2.24) is 14.9 Å². The molecule has 1 saturated heterocycles. The summed E-state index contributed by atoms with van der Waals surface area (Å²) in [7, 11) is 0. The minimum absolute atomic E-state index is 0.0169. The Bertz CT molecular complexity index is 926. The number of carbonyl (C=O) groups excluding carboxylic acids is 1. The lowest BCUT2D eigenvalue weighted by molar-refractivity contribution is -0.134. The van der Waals surface area contributed by atoms with E-state index in [1.165, 1.54) is 0 Å². The van der Waals surface area contributed by atoms with Crippen LogP contribution in [0.15, 0.2) is 46.9 Å². The lowest BCUT2D eigenvalue weighted by Gasteiger charge is -2.23. The number of nitrogens with one attached hydrogen (secondary N) is 1. The molecule has 5 nitrogen and oxygen atoms in total. The van der Waals surface area contributed by atoms with Crippen molar-refractivity contribution in [3.63, 3.8) is 0 Å². The van der Waals surface area contributed by atoms with E-state index in [0.717, 1.165) is 34.2 Å². The molecule has 2 aromatic carbocycles. The highest BCUT2D eigenvalue weighted by Crippen LogP contribution is 2.32. The van der Waals surface area contributed by atoms with Gasteiger partial charge in [-0.15, -0.1) is 0 Å². The van der Waals surface area contributed by atoms with E-state index in [1.807, 2.05) is 29.2 Å². The molecule has 2 heterocycles. The van der Waals surface area contributed by atoms with Gasteiger partial charge in [-0.1, -0.05) is 23.7 Å². The monoisotopic (exact) mass is 433 g/mol. The van der Waals surface area contributed by atoms with Crippen LogP contribution in [0.3, 0.4) is 0 Å². The van der Waals surface area contributed by atoms with E-state index in [4.69, 9.17) is 16.3 Å². The van der Waals surface area contributed by atoms with Crippen LogP contribution in [0.25, 0.3) is 11.0 Å². The average Bonchev–Trinajstić information content (AvgIpc) is 3.27. The molecule has 3 aromatic rings. The first kappa shape index (κ1) is 17.4. The van der Waals surface area contributed by atoms with Gasteiger partial charge in [0.2, 0.25) is 0 Å². The SMILES string of the molecule is O=C(COc1ccc(Cl)cc1Br)N1CCCC1c1nc2ccccc2[nH]1. The van der Waals surface area contributed by atoms with Crippen molar-refractivity contribution in [2.24, 2.45) is 0 Å². The maximum absolute atomic E-state index is 12.7. The van der Waals surface area contributed by atoms with Crippen molar-refractivity contribution in [3.8, 4) is 5.75 Å². The smallest absolute Gasteiger partial charge is 0.261 e. The quantitative estimate of drug-likeness (QED) is 0.646. The van der Waals surface area contributed by atoms with Crippen molar-refractivity contribution in [1.29, 1.82) is 0 Å². The van der Waals surface area contributed by atoms with Crippen molar-refractivity contribution < 1.29 is 9.53 Å². The molecule has 1 atom stereocenters. The van der Waals surface area contributed by atoms with Gasteiger partial charge >= 0.3 is 0 Å². The summed E-state index contributed by atoms with van der Waals surface area (Å²) in [5.41, 5.74) is 1.91. The number of para-hydroxylation sites is 2. The largest absolute Gasteiger partial charge is 0.483 e. The second-order valence-corrected chi connectivity index (χ2v) is 7.54. The standard InChI is InChI=1S/C19H17BrClN3O2/c20-13-10-12(21)7-8-17(13)26-11-18(25)24-9-3-6-16(24)19-22-14-4-1-2-5-15(14)23-19/h1-2,4-5,7-8,10,16H,3,6,9,11H2,(H,22,23). The maximum atomic E-state index is 12.7. The van der Waals surface area contributed by atoms with Crippen molar-refractivity contribution in [2.45, 2.75) is 18.9 Å². The molecule has 1 fully saturated rings. The van der Waals surface area contributed by atoms with Gasteiger partial charge in [0.15, 0.2) is 6.61 Å². The molecule has 0 saturated carbocycles. The van der Waals surface area contributed by atoms with Gasteiger partial charge < -0.3 is 14.6 Å². The van der Waals surface area contributed by atoms with E-state index < -0.39 is 0 Å². The number of carbonyl (C=O) groups is 1. The summed E-state index contributed by atoms with van der Waals surface area (Å²) in [5.74, 6) is 1.39. The topological polar surface area (TPSA) is 58.2 Å². The fourth-order valence-corrected chi connectivity index (χ4v) is 4.09. The number of amides is 1. The fourth-order valence-electron chi connectivity index (χ4n) is 3.29. The Kier molecular flexibility index (Phi) is 4.87. The first-order valence-electron chi connectivity index (χ1n) is 8.44. The lowest BCUT2D eigenvalue weighted by atomic mass is 10.2. The minimum atomic E-state index is -0.0465. The number of H-pyrrole nitrogens is 1. The van der Waals surface area contributed by atoms with Gasteiger partial charge in [-0.05, 0) is 59.1 Å². The van der Waals surface area contributed by atoms with Crippen LogP contribution in [0.2, 0.25) is 5.02 Å². The summed E-state index contributed by atoms with van der Waals surface area (Å²) in [5, 5.41) is 0.611. The fraction of sp³-hybridized carbons (Fsp3) is 0.263. The average molecular weight is 435 g/mol. The first-order valence-corrected chi connectivity index (χ1v) is 9.61. The van der Waals surface area contributed by atoms with Crippen molar-refractivity contribution >= 4 is 44.5 Å². The minimum Gasteiger partial charge on any atom is -0.483 e. The van der Waals surface area contributed by atoms with Crippen LogP contribution in [0, 0.1) is 0 Å². The molecule has 1 aliphatic heterocycles. The zero-order valence-electron chi connectivity index (χ0n) is 13.9. The van der Waals surface area contributed by atoms with Crippen molar-refractivity contribution in [2.75, 3.05) is 13.2 Å². The molecule has 1 aliphatic rings. The van der Waals surface area contributed by atoms with E-state index in [-0.39, 0.29) is 18.6 Å². The predicted octanol–water partition coefficient (Wildman–Crippen LogP) is 4.72. The summed E-state index contributed by atoms with van der Waals surface area (Å²) < 4.78 is 6.41. The normalized spacial score (nSPS) is 17.0. The Labute approximate surface area is 164 Å². The number of hydrogen-bond acceptors (Lipinski definition) is 3. The number of rotatable bonds is 4. The summed E-state index contributed by atoms with van der Waals surface area (Å²) in [4.78, 5) is 22.6. The molecule has 4 rings (SSSR count). The number of imidazole rings is 1. The third-order valence-electron chi connectivity index (χ3n) is 4.54. The Morgan fingerprint density at radius 1 is 1.35 bits per heavy atom. The number of ether oxygens (including phenoxy) is 1. The van der Waals surface area contributed by atoms with Crippen LogP contribution >= 0.6 is 27.5 Å². The number of hydrogen-bond donors (Lipinski definition) is 1. The van der Waals surface area contributed by atoms with Crippen LogP contribution in [0.5, 0.6) is 5.75 Å². The Balaban J connectivity index is 1.48. The van der Waals surface area contributed by atoms with Crippen molar-refractivity contribution in [3.05, 3.63) is 57.8 Å². The van der Waals surface area contributed by atoms with Crippen LogP contribution in [-0.4, -0.2) is 33.9 Å². The van der Waals surface area contributed by atoms with Gasteiger partial charge in [-0.2, -0.15) is 0 Å². The molecule has 1 N–H and O–H groups in total. The number of fused-ring (bicyclic) bond motifs is 1. The van der Waals surface area contributed by atoms with Gasteiger partial charge in [0.1, 0.15) is 11.6 Å². The van der Waals surface area contributed by atoms with Gasteiger partial charge in [0, 0.05) is 11.6 Å². The first-order chi connectivity index (χ1) is 12.6. The lowest BCUT2D eigenvalue weighted by Crippen LogP contribution is -2.34. The number of likely N-dealkylation sites (tertiary alicyclic amines) is 1. The Hall–Kier alpha value is -2.05. The molecule has 0 radical (unpaired) electrons. The predicted molar refractivity (Wildman–Crippen MR) is 104 cm³/mol. The molecular formula is C19H17BrClN3O2.